The number of amides is 1. The van der Waals surface area contributed by atoms with Gasteiger partial charge in [-0.3, -0.25) is 14.9 Å². The van der Waals surface area contributed by atoms with Crippen molar-refractivity contribution in [3.05, 3.63) is 33.9 Å². The fourth-order valence-electron chi connectivity index (χ4n) is 2.99. The van der Waals surface area contributed by atoms with Gasteiger partial charge in [0, 0.05) is 32.2 Å². The van der Waals surface area contributed by atoms with Gasteiger partial charge in [-0.1, -0.05) is 20.3 Å². The van der Waals surface area contributed by atoms with Gasteiger partial charge in [-0.05, 0) is 18.1 Å². The molecule has 1 heterocycles. The zero-order valence-electron chi connectivity index (χ0n) is 15.2. The maximum atomic E-state index is 12.8. The molecular formula is C17H23F3N4O3. The SMILES string of the molecule is CCC(C)C(N)C(=O)N1CCN(c2ccc(C(F)(F)F)cc2[N+](=O)[O-])CC1. The molecule has 1 fully saturated rings. The second-order valence-electron chi connectivity index (χ2n) is 6.68. The predicted octanol–water partition coefficient (Wildman–Crippen LogP) is 2.64. The molecule has 0 radical (unpaired) electrons. The summed E-state index contributed by atoms with van der Waals surface area (Å²) in [7, 11) is 0. The first-order chi connectivity index (χ1) is 12.6. The van der Waals surface area contributed by atoms with Crippen LogP contribution >= 0.6 is 0 Å². The lowest BCUT2D eigenvalue weighted by atomic mass is 9.98. The molecule has 2 N–H and O–H groups in total. The molecule has 7 nitrogen and oxygen atoms in total. The van der Waals surface area contributed by atoms with E-state index >= 15 is 0 Å². The number of hydrogen-bond acceptors (Lipinski definition) is 5. The van der Waals surface area contributed by atoms with Crippen molar-refractivity contribution in [2.45, 2.75) is 32.5 Å². The van der Waals surface area contributed by atoms with E-state index in [1.165, 1.54) is 0 Å². The van der Waals surface area contributed by atoms with Crippen LogP contribution in [0.4, 0.5) is 24.5 Å². The molecule has 1 saturated heterocycles. The highest BCUT2D eigenvalue weighted by molar-refractivity contribution is 5.82. The number of rotatable bonds is 5. The van der Waals surface area contributed by atoms with Gasteiger partial charge in [-0.25, -0.2) is 0 Å². The van der Waals surface area contributed by atoms with Crippen molar-refractivity contribution < 1.29 is 22.9 Å². The number of halogens is 3. The molecule has 150 valence electrons. The van der Waals surface area contributed by atoms with E-state index in [9.17, 15) is 28.1 Å². The van der Waals surface area contributed by atoms with Crippen molar-refractivity contribution in [2.75, 3.05) is 31.1 Å². The summed E-state index contributed by atoms with van der Waals surface area (Å²) in [4.78, 5) is 26.1. The molecule has 0 aromatic heterocycles. The maximum Gasteiger partial charge on any atom is 0.416 e. The Hall–Kier alpha value is -2.36. The number of carbonyl (C=O) groups is 1. The first-order valence-electron chi connectivity index (χ1n) is 8.71. The third kappa shape index (κ3) is 4.68. The number of nitro benzene ring substituents is 1. The van der Waals surface area contributed by atoms with Gasteiger partial charge in [0.1, 0.15) is 5.69 Å². The first-order valence-corrected chi connectivity index (χ1v) is 8.71. The van der Waals surface area contributed by atoms with Crippen molar-refractivity contribution in [3.8, 4) is 0 Å². The third-order valence-corrected chi connectivity index (χ3v) is 4.97. The van der Waals surface area contributed by atoms with E-state index in [1.54, 1.807) is 9.80 Å². The van der Waals surface area contributed by atoms with Gasteiger partial charge < -0.3 is 15.5 Å². The molecular weight excluding hydrogens is 365 g/mol. The fourth-order valence-corrected chi connectivity index (χ4v) is 2.99. The summed E-state index contributed by atoms with van der Waals surface area (Å²) < 4.78 is 38.5. The lowest BCUT2D eigenvalue weighted by Gasteiger charge is -2.37. The van der Waals surface area contributed by atoms with E-state index in [4.69, 9.17) is 5.73 Å². The number of carbonyl (C=O) groups excluding carboxylic acids is 1. The number of piperazine rings is 1. The van der Waals surface area contributed by atoms with E-state index in [0.717, 1.165) is 18.6 Å². The predicted molar refractivity (Wildman–Crippen MR) is 94.3 cm³/mol. The average molecular weight is 388 g/mol. The van der Waals surface area contributed by atoms with Gasteiger partial charge in [0.2, 0.25) is 5.91 Å². The fraction of sp³-hybridized carbons (Fsp3) is 0.588. The van der Waals surface area contributed by atoms with Crippen LogP contribution in [-0.2, 0) is 11.0 Å². The quantitative estimate of drug-likeness (QED) is 0.618. The zero-order chi connectivity index (χ0) is 20.4. The van der Waals surface area contributed by atoms with Gasteiger partial charge in [-0.2, -0.15) is 13.2 Å². The highest BCUT2D eigenvalue weighted by atomic mass is 19.4. The molecule has 2 unspecified atom stereocenters. The largest absolute Gasteiger partial charge is 0.416 e. The molecule has 1 aromatic carbocycles. The smallest absolute Gasteiger partial charge is 0.362 e. The van der Waals surface area contributed by atoms with Crippen molar-refractivity contribution in [2.24, 2.45) is 11.7 Å². The Kier molecular flexibility index (Phi) is 6.30. The van der Waals surface area contributed by atoms with Crippen molar-refractivity contribution in [1.82, 2.24) is 4.90 Å². The Morgan fingerprint density at radius 2 is 1.89 bits per heavy atom. The molecule has 2 atom stereocenters. The van der Waals surface area contributed by atoms with Crippen LogP contribution in [0.1, 0.15) is 25.8 Å². The van der Waals surface area contributed by atoms with E-state index in [2.05, 4.69) is 0 Å². The highest BCUT2D eigenvalue weighted by Gasteiger charge is 2.35. The van der Waals surface area contributed by atoms with Gasteiger partial charge in [0.05, 0.1) is 16.5 Å². The second kappa shape index (κ2) is 8.12. The van der Waals surface area contributed by atoms with E-state index in [-0.39, 0.29) is 30.6 Å². The van der Waals surface area contributed by atoms with E-state index < -0.39 is 28.4 Å². The molecule has 1 aromatic rings. The Labute approximate surface area is 155 Å². The third-order valence-electron chi connectivity index (χ3n) is 4.97. The lowest BCUT2D eigenvalue weighted by Crippen LogP contribution is -2.54. The molecule has 1 aliphatic heterocycles. The van der Waals surface area contributed by atoms with Crippen LogP contribution in [-0.4, -0.2) is 48.0 Å². The summed E-state index contributed by atoms with van der Waals surface area (Å²) >= 11 is 0. The van der Waals surface area contributed by atoms with Crippen molar-refractivity contribution in [1.29, 1.82) is 0 Å². The van der Waals surface area contributed by atoms with Crippen LogP contribution in [0.2, 0.25) is 0 Å². The molecule has 0 spiro atoms. The number of nitrogens with zero attached hydrogens (tertiary/aromatic N) is 3. The topological polar surface area (TPSA) is 92.7 Å². The van der Waals surface area contributed by atoms with Gasteiger partial charge in [0.25, 0.3) is 5.69 Å². The van der Waals surface area contributed by atoms with Crippen molar-refractivity contribution in [3.63, 3.8) is 0 Å². The normalized spacial score (nSPS) is 17.6. The van der Waals surface area contributed by atoms with Crippen LogP contribution in [0, 0.1) is 16.0 Å². The number of benzene rings is 1. The number of hydrogen-bond donors (Lipinski definition) is 1. The van der Waals surface area contributed by atoms with Gasteiger partial charge in [0.15, 0.2) is 0 Å². The average Bonchev–Trinajstić information content (AvgIpc) is 2.65. The Bertz CT molecular complexity index is 703. The van der Waals surface area contributed by atoms with E-state index in [1.807, 2.05) is 13.8 Å². The van der Waals surface area contributed by atoms with Crippen LogP contribution in [0.3, 0.4) is 0 Å². The van der Waals surface area contributed by atoms with Gasteiger partial charge in [-0.15, -0.1) is 0 Å². The Morgan fingerprint density at radius 1 is 1.30 bits per heavy atom. The molecule has 10 heteroatoms. The Balaban J connectivity index is 2.14. The van der Waals surface area contributed by atoms with E-state index in [0.29, 0.717) is 19.2 Å². The molecule has 0 aliphatic carbocycles. The minimum atomic E-state index is -4.65. The number of anilines is 1. The van der Waals surface area contributed by atoms with Crippen molar-refractivity contribution >= 4 is 17.3 Å². The van der Waals surface area contributed by atoms with Gasteiger partial charge >= 0.3 is 6.18 Å². The molecule has 1 amide bonds. The highest BCUT2D eigenvalue weighted by Crippen LogP contribution is 2.36. The molecule has 0 saturated carbocycles. The monoisotopic (exact) mass is 388 g/mol. The van der Waals surface area contributed by atoms with Crippen LogP contribution in [0.5, 0.6) is 0 Å². The Morgan fingerprint density at radius 3 is 2.37 bits per heavy atom. The minimum absolute atomic E-state index is 0.0338. The number of nitro groups is 1. The minimum Gasteiger partial charge on any atom is -0.362 e. The summed E-state index contributed by atoms with van der Waals surface area (Å²) in [5.41, 5.74) is 4.43. The standard InChI is InChI=1S/C17H23F3N4O3/c1-3-11(2)15(21)16(25)23-8-6-22(7-9-23)13-5-4-12(17(18,19)20)10-14(13)24(26)27/h4-5,10-11,15H,3,6-9,21H2,1-2H3. The molecule has 1 aliphatic rings. The molecule has 2 rings (SSSR count). The van der Waals surface area contributed by atoms with Crippen LogP contribution in [0.25, 0.3) is 0 Å². The molecule has 27 heavy (non-hydrogen) atoms. The second-order valence-corrected chi connectivity index (χ2v) is 6.68. The first kappa shape index (κ1) is 20.9. The van der Waals surface area contributed by atoms with Crippen LogP contribution < -0.4 is 10.6 Å². The molecule has 0 bridgehead atoms. The zero-order valence-corrected chi connectivity index (χ0v) is 15.2. The summed E-state index contributed by atoms with van der Waals surface area (Å²) in [5.74, 6) is -0.141. The summed E-state index contributed by atoms with van der Waals surface area (Å²) in [6.45, 7) is 5.02. The summed E-state index contributed by atoms with van der Waals surface area (Å²) in [6, 6.07) is 1.88. The maximum absolute atomic E-state index is 12.8. The lowest BCUT2D eigenvalue weighted by molar-refractivity contribution is -0.384. The summed E-state index contributed by atoms with van der Waals surface area (Å²) in [5, 5.41) is 11.2. The number of alkyl halides is 3. The summed E-state index contributed by atoms with van der Waals surface area (Å²) in [6.07, 6.45) is -3.88. The van der Waals surface area contributed by atoms with Crippen LogP contribution in [0.15, 0.2) is 18.2 Å². The number of nitrogens with two attached hydrogens (primary N) is 1.